The van der Waals surface area contributed by atoms with E-state index in [1.807, 2.05) is 18.2 Å². The predicted molar refractivity (Wildman–Crippen MR) is 79.3 cm³/mol. The van der Waals surface area contributed by atoms with Gasteiger partial charge in [-0.2, -0.15) is 4.52 Å². The van der Waals surface area contributed by atoms with Gasteiger partial charge in [0.2, 0.25) is 5.75 Å². The normalized spacial score (nSPS) is 14.5. The number of nitrogens with one attached hydrogen (secondary N) is 1. The van der Waals surface area contributed by atoms with Gasteiger partial charge >= 0.3 is 5.56 Å². The first-order valence-electron chi connectivity index (χ1n) is 6.75. The van der Waals surface area contributed by atoms with E-state index in [4.69, 9.17) is 16.3 Å². The Morgan fingerprint density at radius 1 is 1.38 bits per heavy atom. The van der Waals surface area contributed by atoms with Crippen molar-refractivity contribution in [2.45, 2.75) is 18.8 Å². The Hall–Kier alpha value is -2.27. The van der Waals surface area contributed by atoms with Gasteiger partial charge in [-0.15, -0.1) is 0 Å². The van der Waals surface area contributed by atoms with Crippen LogP contribution in [0, 0.1) is 0 Å². The number of hydrogen-bond donors (Lipinski definition) is 1. The molecule has 0 spiro atoms. The number of aromatic amines is 1. The smallest absolute Gasteiger partial charge is 0.315 e. The lowest BCUT2D eigenvalue weighted by atomic mass is 10.1. The summed E-state index contributed by atoms with van der Waals surface area (Å²) in [6.07, 6.45) is 5.37. The van der Waals surface area contributed by atoms with Gasteiger partial charge in [0.05, 0.1) is 6.20 Å². The fraction of sp³-hybridized carbons (Fsp3) is 0.200. The fourth-order valence-corrected chi connectivity index (χ4v) is 2.54. The van der Waals surface area contributed by atoms with Crippen LogP contribution in [0.1, 0.15) is 24.3 Å². The van der Waals surface area contributed by atoms with E-state index in [1.54, 1.807) is 0 Å². The number of ether oxygens (including phenoxy) is 1. The lowest BCUT2D eigenvalue weighted by Crippen LogP contribution is -2.16. The molecule has 0 bridgehead atoms. The summed E-state index contributed by atoms with van der Waals surface area (Å²) in [5, 5.41) is 3.15. The average Bonchev–Trinajstić information content (AvgIpc) is 3.27. The molecular weight excluding hydrogens is 290 g/mol. The molecule has 1 saturated carbocycles. The van der Waals surface area contributed by atoms with Gasteiger partial charge in [-0.1, -0.05) is 23.7 Å². The van der Waals surface area contributed by atoms with Gasteiger partial charge in [0, 0.05) is 6.20 Å². The zero-order chi connectivity index (χ0) is 14.4. The van der Waals surface area contributed by atoms with Crippen LogP contribution < -0.4 is 10.3 Å². The van der Waals surface area contributed by atoms with Crippen molar-refractivity contribution >= 4 is 17.2 Å². The van der Waals surface area contributed by atoms with Crippen molar-refractivity contribution in [1.82, 2.24) is 14.6 Å². The van der Waals surface area contributed by atoms with Gasteiger partial charge in [-0.3, -0.25) is 9.89 Å². The molecule has 0 amide bonds. The molecule has 0 aliphatic heterocycles. The number of benzene rings is 1. The van der Waals surface area contributed by atoms with Crippen LogP contribution in [0.25, 0.3) is 5.65 Å². The number of rotatable bonds is 3. The molecule has 0 radical (unpaired) electrons. The Bertz CT molecular complexity index is 880. The zero-order valence-corrected chi connectivity index (χ0v) is 11.8. The summed E-state index contributed by atoms with van der Waals surface area (Å²) in [5.74, 6) is 1.45. The molecule has 1 fully saturated rings. The van der Waals surface area contributed by atoms with Crippen molar-refractivity contribution in [3.8, 4) is 11.5 Å². The summed E-state index contributed by atoms with van der Waals surface area (Å²) >= 11 is 5.93. The fourth-order valence-electron chi connectivity index (χ4n) is 2.36. The molecule has 3 aromatic rings. The van der Waals surface area contributed by atoms with E-state index >= 15 is 0 Å². The molecule has 0 unspecified atom stereocenters. The van der Waals surface area contributed by atoms with Crippen LogP contribution in [0.15, 0.2) is 41.5 Å². The van der Waals surface area contributed by atoms with Crippen molar-refractivity contribution in [2.75, 3.05) is 0 Å². The van der Waals surface area contributed by atoms with Crippen LogP contribution in [0.4, 0.5) is 0 Å². The largest absolute Gasteiger partial charge is 0.450 e. The molecule has 2 aromatic heterocycles. The lowest BCUT2D eigenvalue weighted by molar-refractivity contribution is 0.468. The van der Waals surface area contributed by atoms with Crippen LogP contribution in [0.2, 0.25) is 5.02 Å². The third-order valence-electron chi connectivity index (χ3n) is 3.60. The molecule has 6 heteroatoms. The molecule has 4 rings (SSSR count). The summed E-state index contributed by atoms with van der Waals surface area (Å²) < 4.78 is 6.95. The molecule has 1 aliphatic carbocycles. The molecule has 5 nitrogen and oxygen atoms in total. The highest BCUT2D eigenvalue weighted by Gasteiger charge is 2.23. The second-order valence-corrected chi connectivity index (χ2v) is 5.56. The standard InChI is InChI=1S/C15H12ClN3O2/c16-12-7-18-19-14(12)17-8-13(15(19)20)21-11-3-1-2-10(6-11)9-4-5-9/h1-3,6-9,18H,4-5H2. The molecule has 21 heavy (non-hydrogen) atoms. The summed E-state index contributed by atoms with van der Waals surface area (Å²) in [6.45, 7) is 0. The molecule has 2 heterocycles. The Morgan fingerprint density at radius 3 is 3.05 bits per heavy atom. The molecule has 1 aliphatic rings. The number of hydrogen-bond acceptors (Lipinski definition) is 3. The Morgan fingerprint density at radius 2 is 2.24 bits per heavy atom. The third kappa shape index (κ3) is 2.19. The summed E-state index contributed by atoms with van der Waals surface area (Å²) in [4.78, 5) is 16.4. The maximum Gasteiger partial charge on any atom is 0.315 e. The van der Waals surface area contributed by atoms with Crippen molar-refractivity contribution in [1.29, 1.82) is 0 Å². The molecule has 1 N–H and O–H groups in total. The Labute approximate surface area is 125 Å². The van der Waals surface area contributed by atoms with E-state index in [1.165, 1.54) is 35.3 Å². The van der Waals surface area contributed by atoms with Crippen molar-refractivity contribution < 1.29 is 4.74 Å². The number of fused-ring (bicyclic) bond motifs is 1. The number of H-pyrrole nitrogens is 1. The highest BCUT2D eigenvalue weighted by molar-refractivity contribution is 6.33. The zero-order valence-electron chi connectivity index (χ0n) is 11.0. The Kier molecular flexibility index (Phi) is 2.75. The molecular formula is C15H12ClN3O2. The third-order valence-corrected chi connectivity index (χ3v) is 3.88. The van der Waals surface area contributed by atoms with Gasteiger partial charge in [0.1, 0.15) is 10.8 Å². The van der Waals surface area contributed by atoms with Gasteiger partial charge in [-0.05, 0) is 36.5 Å². The topological polar surface area (TPSA) is 59.4 Å². The highest BCUT2D eigenvalue weighted by Crippen LogP contribution is 2.41. The molecule has 1 aromatic carbocycles. The van der Waals surface area contributed by atoms with Gasteiger partial charge in [0.15, 0.2) is 5.65 Å². The maximum atomic E-state index is 12.3. The van der Waals surface area contributed by atoms with E-state index in [0.29, 0.717) is 22.3 Å². The van der Waals surface area contributed by atoms with Crippen LogP contribution in [0.5, 0.6) is 11.5 Å². The van der Waals surface area contributed by atoms with Crippen LogP contribution >= 0.6 is 11.6 Å². The first kappa shape index (κ1) is 12.5. The number of halogens is 1. The van der Waals surface area contributed by atoms with E-state index < -0.39 is 0 Å². The maximum absolute atomic E-state index is 12.3. The number of aromatic nitrogens is 3. The molecule has 106 valence electrons. The average molecular weight is 302 g/mol. The molecule has 0 atom stereocenters. The van der Waals surface area contributed by atoms with E-state index in [0.717, 1.165) is 0 Å². The predicted octanol–water partition coefficient (Wildman–Crippen LogP) is 3.35. The van der Waals surface area contributed by atoms with E-state index in [-0.39, 0.29) is 11.3 Å². The van der Waals surface area contributed by atoms with E-state index in [9.17, 15) is 4.79 Å². The minimum Gasteiger partial charge on any atom is -0.450 e. The SMILES string of the molecule is O=c1c(Oc2cccc(C3CC3)c2)cnc2c(Cl)c[nH]n12. The monoisotopic (exact) mass is 301 g/mol. The summed E-state index contributed by atoms with van der Waals surface area (Å²) in [5.41, 5.74) is 1.33. The second-order valence-electron chi connectivity index (χ2n) is 5.16. The second kappa shape index (κ2) is 4.63. The van der Waals surface area contributed by atoms with Crippen LogP contribution in [-0.2, 0) is 0 Å². The Balaban J connectivity index is 1.72. The molecule has 0 saturated heterocycles. The van der Waals surface area contributed by atoms with E-state index in [2.05, 4.69) is 16.1 Å². The lowest BCUT2D eigenvalue weighted by Gasteiger charge is -2.06. The first-order valence-corrected chi connectivity index (χ1v) is 7.12. The van der Waals surface area contributed by atoms with Crippen LogP contribution in [0.3, 0.4) is 0 Å². The van der Waals surface area contributed by atoms with Crippen molar-refractivity contribution in [3.63, 3.8) is 0 Å². The minimum absolute atomic E-state index is 0.166. The van der Waals surface area contributed by atoms with Gasteiger partial charge in [0.25, 0.3) is 0 Å². The first-order chi connectivity index (χ1) is 10.2. The van der Waals surface area contributed by atoms with Crippen LogP contribution in [-0.4, -0.2) is 14.6 Å². The number of nitrogens with zero attached hydrogens (tertiary/aromatic N) is 2. The van der Waals surface area contributed by atoms with Gasteiger partial charge < -0.3 is 4.74 Å². The summed E-state index contributed by atoms with van der Waals surface area (Å²) in [6, 6.07) is 7.84. The summed E-state index contributed by atoms with van der Waals surface area (Å²) in [7, 11) is 0. The van der Waals surface area contributed by atoms with Crippen molar-refractivity contribution in [3.05, 3.63) is 57.6 Å². The highest BCUT2D eigenvalue weighted by atomic mass is 35.5. The quantitative estimate of drug-likeness (QED) is 0.807. The van der Waals surface area contributed by atoms with Gasteiger partial charge in [-0.25, -0.2) is 4.98 Å². The minimum atomic E-state index is -0.316. The van der Waals surface area contributed by atoms with Crippen molar-refractivity contribution in [2.24, 2.45) is 0 Å².